The van der Waals surface area contributed by atoms with Crippen LogP contribution in [0.5, 0.6) is 0 Å². The van der Waals surface area contributed by atoms with Gasteiger partial charge >= 0.3 is 0 Å². The summed E-state index contributed by atoms with van der Waals surface area (Å²) in [6.07, 6.45) is 2.24. The van der Waals surface area contributed by atoms with Crippen LogP contribution in [0.2, 0.25) is 0 Å². The topological polar surface area (TPSA) is 97.6 Å². The van der Waals surface area contributed by atoms with Gasteiger partial charge in [-0.15, -0.1) is 0 Å². The van der Waals surface area contributed by atoms with Crippen molar-refractivity contribution >= 4 is 22.6 Å². The van der Waals surface area contributed by atoms with E-state index in [2.05, 4.69) is 10.4 Å². The Labute approximate surface area is 148 Å². The summed E-state index contributed by atoms with van der Waals surface area (Å²) in [6, 6.07) is 13.0. The Morgan fingerprint density at radius 2 is 2.12 bits per heavy atom. The van der Waals surface area contributed by atoms with Crippen molar-refractivity contribution in [1.82, 2.24) is 10.4 Å². The summed E-state index contributed by atoms with van der Waals surface area (Å²) in [6.45, 7) is 1.51. The van der Waals surface area contributed by atoms with E-state index in [0.717, 1.165) is 12.1 Å². The minimum absolute atomic E-state index is 0.0255. The van der Waals surface area contributed by atoms with Crippen LogP contribution in [-0.4, -0.2) is 33.6 Å². The Morgan fingerprint density at radius 1 is 1.32 bits per heavy atom. The predicted octanol–water partition coefficient (Wildman–Crippen LogP) is 1.14. The van der Waals surface area contributed by atoms with E-state index in [9.17, 15) is 9.00 Å². The highest BCUT2D eigenvalue weighted by molar-refractivity contribution is 7.87. The van der Waals surface area contributed by atoms with Gasteiger partial charge in [-0.3, -0.25) is 19.5 Å². The number of carbonyl (C=O) groups excluding carboxylic acids is 1. The lowest BCUT2D eigenvalue weighted by Crippen LogP contribution is -2.34. The number of carbonyl (C=O) groups is 1. The number of nitrogen functional groups attached to an aromatic ring is 1. The zero-order valence-corrected chi connectivity index (χ0v) is 14.4. The number of nitrogens with one attached hydrogen (secondary N) is 1. The molecule has 1 aromatic carbocycles. The Hall–Kier alpha value is -2.29. The monoisotopic (exact) mass is 360 g/mol. The molecule has 2 atom stereocenters. The molecule has 0 radical (unpaired) electrons. The number of benzene rings is 1. The first-order valence-corrected chi connectivity index (χ1v) is 9.13. The van der Waals surface area contributed by atoms with Crippen LogP contribution in [0.25, 0.3) is 0 Å². The quantitative estimate of drug-likeness (QED) is 0.457. The van der Waals surface area contributed by atoms with Gasteiger partial charge in [0.05, 0.1) is 29.7 Å². The molecule has 2 unspecified atom stereocenters. The molecule has 1 fully saturated rings. The minimum atomic E-state index is -1.23. The number of rotatable bonds is 6. The van der Waals surface area contributed by atoms with Crippen LogP contribution in [0, 0.1) is 0 Å². The summed E-state index contributed by atoms with van der Waals surface area (Å²) in [5.74, 6) is 4.72. The number of hydrogen-bond acceptors (Lipinski definition) is 5. The van der Waals surface area contributed by atoms with E-state index in [1.165, 1.54) is 6.20 Å². The summed E-state index contributed by atoms with van der Waals surface area (Å²) < 4.78 is 20.2. The van der Waals surface area contributed by atoms with E-state index in [1.807, 2.05) is 34.6 Å². The van der Waals surface area contributed by atoms with Gasteiger partial charge in [0.2, 0.25) is 0 Å². The van der Waals surface area contributed by atoms with Crippen LogP contribution in [-0.2, 0) is 22.3 Å². The zero-order valence-electron chi connectivity index (χ0n) is 13.6. The number of ether oxygens (including phenoxy) is 1. The Morgan fingerprint density at radius 3 is 2.72 bits per heavy atom. The third-order valence-electron chi connectivity index (χ3n) is 3.96. The number of pyridine rings is 1. The SMILES string of the molecule is NNC(=O)c1ccc(CN(c2ccccc2)S(=O)C2CCOC2)nc1. The van der Waals surface area contributed by atoms with E-state index in [0.29, 0.717) is 31.0 Å². The number of anilines is 1. The summed E-state index contributed by atoms with van der Waals surface area (Å²) in [5.41, 5.74) is 4.02. The second kappa shape index (κ2) is 8.19. The van der Waals surface area contributed by atoms with Crippen molar-refractivity contribution < 1.29 is 13.7 Å². The minimum Gasteiger partial charge on any atom is -0.380 e. The summed E-state index contributed by atoms with van der Waals surface area (Å²) in [4.78, 5) is 15.8. The molecule has 1 aromatic heterocycles. The number of nitrogens with two attached hydrogens (primary N) is 1. The van der Waals surface area contributed by atoms with Crippen molar-refractivity contribution in [3.05, 3.63) is 59.9 Å². The average molecular weight is 360 g/mol. The third kappa shape index (κ3) is 4.22. The van der Waals surface area contributed by atoms with E-state index >= 15 is 0 Å². The lowest BCUT2D eigenvalue weighted by Gasteiger charge is -2.25. The molecule has 8 heteroatoms. The molecule has 3 N–H and O–H groups in total. The van der Waals surface area contributed by atoms with Gasteiger partial charge in [-0.2, -0.15) is 0 Å². The maximum atomic E-state index is 13.0. The van der Waals surface area contributed by atoms with Gasteiger partial charge in [0, 0.05) is 18.5 Å². The number of hydrogen-bond donors (Lipinski definition) is 2. The van der Waals surface area contributed by atoms with Crippen molar-refractivity contribution in [3.63, 3.8) is 0 Å². The van der Waals surface area contributed by atoms with Gasteiger partial charge in [0.15, 0.2) is 0 Å². The first-order chi connectivity index (χ1) is 12.2. The predicted molar refractivity (Wildman–Crippen MR) is 95.9 cm³/mol. The normalized spacial score (nSPS) is 17.9. The molecule has 2 heterocycles. The van der Waals surface area contributed by atoms with Crippen LogP contribution in [0.15, 0.2) is 48.7 Å². The summed E-state index contributed by atoms with van der Waals surface area (Å²) >= 11 is 0. The van der Waals surface area contributed by atoms with Crippen molar-refractivity contribution in [3.8, 4) is 0 Å². The van der Waals surface area contributed by atoms with E-state index in [1.54, 1.807) is 12.1 Å². The second-order valence-corrected chi connectivity index (χ2v) is 7.31. The second-order valence-electron chi connectivity index (χ2n) is 5.65. The molecular weight excluding hydrogens is 340 g/mol. The number of amides is 1. The van der Waals surface area contributed by atoms with Gasteiger partial charge < -0.3 is 4.74 Å². The molecule has 7 nitrogen and oxygen atoms in total. The molecule has 1 aliphatic rings. The molecule has 0 spiro atoms. The van der Waals surface area contributed by atoms with E-state index in [-0.39, 0.29) is 5.25 Å². The first-order valence-electron chi connectivity index (χ1n) is 7.96. The van der Waals surface area contributed by atoms with Gasteiger partial charge in [-0.25, -0.2) is 10.1 Å². The number of nitrogens with zero attached hydrogens (tertiary/aromatic N) is 2. The average Bonchev–Trinajstić information content (AvgIpc) is 3.21. The third-order valence-corrected chi connectivity index (χ3v) is 5.67. The van der Waals surface area contributed by atoms with Crippen molar-refractivity contribution in [2.45, 2.75) is 18.2 Å². The van der Waals surface area contributed by atoms with E-state index in [4.69, 9.17) is 10.6 Å². The lowest BCUT2D eigenvalue weighted by molar-refractivity contribution is 0.0953. The number of para-hydroxylation sites is 1. The summed E-state index contributed by atoms with van der Waals surface area (Å²) in [5, 5.41) is -0.0255. The smallest absolute Gasteiger partial charge is 0.266 e. The molecule has 1 aliphatic heterocycles. The molecule has 25 heavy (non-hydrogen) atoms. The molecule has 0 saturated carbocycles. The van der Waals surface area contributed by atoms with Crippen LogP contribution < -0.4 is 15.6 Å². The number of hydrazine groups is 1. The largest absolute Gasteiger partial charge is 0.380 e. The van der Waals surface area contributed by atoms with Crippen molar-refractivity contribution in [1.29, 1.82) is 0 Å². The van der Waals surface area contributed by atoms with Crippen LogP contribution in [0.1, 0.15) is 22.5 Å². The highest BCUT2D eigenvalue weighted by Crippen LogP contribution is 2.23. The van der Waals surface area contributed by atoms with Gasteiger partial charge in [-0.05, 0) is 30.7 Å². The van der Waals surface area contributed by atoms with Crippen molar-refractivity contribution in [2.75, 3.05) is 17.5 Å². The van der Waals surface area contributed by atoms with E-state index < -0.39 is 16.9 Å². The Bertz CT molecular complexity index is 733. The molecule has 0 aliphatic carbocycles. The molecular formula is C17H20N4O3S. The standard InChI is InChI=1S/C17H20N4O3S/c18-20-17(22)13-6-7-14(19-10-13)11-21(15-4-2-1-3-5-15)25(23)16-8-9-24-12-16/h1-7,10,16H,8-9,11-12,18H2,(H,20,22). The maximum Gasteiger partial charge on any atom is 0.266 e. The molecule has 1 amide bonds. The van der Waals surface area contributed by atoms with Crippen LogP contribution in [0.3, 0.4) is 0 Å². The highest BCUT2D eigenvalue weighted by Gasteiger charge is 2.28. The molecule has 3 rings (SSSR count). The highest BCUT2D eigenvalue weighted by atomic mass is 32.2. The van der Waals surface area contributed by atoms with Crippen LogP contribution in [0.4, 0.5) is 5.69 Å². The van der Waals surface area contributed by atoms with Crippen molar-refractivity contribution in [2.24, 2.45) is 5.84 Å². The molecule has 132 valence electrons. The fraction of sp³-hybridized carbons (Fsp3) is 0.294. The molecule has 0 bridgehead atoms. The fourth-order valence-electron chi connectivity index (χ4n) is 2.59. The Kier molecular flexibility index (Phi) is 5.75. The van der Waals surface area contributed by atoms with Gasteiger partial charge in [0.1, 0.15) is 11.0 Å². The molecule has 1 saturated heterocycles. The zero-order chi connectivity index (χ0) is 17.6. The fourth-order valence-corrected chi connectivity index (χ4v) is 4.05. The number of aromatic nitrogens is 1. The first kappa shape index (κ1) is 17.5. The summed E-state index contributed by atoms with van der Waals surface area (Å²) in [7, 11) is -1.23. The van der Waals surface area contributed by atoms with Gasteiger partial charge in [-0.1, -0.05) is 18.2 Å². The van der Waals surface area contributed by atoms with Gasteiger partial charge in [0.25, 0.3) is 5.91 Å². The lowest BCUT2D eigenvalue weighted by atomic mass is 10.2. The maximum absolute atomic E-state index is 13.0. The Balaban J connectivity index is 1.82. The molecule has 2 aromatic rings. The van der Waals surface area contributed by atoms with Crippen LogP contribution >= 0.6 is 0 Å².